The molecule has 0 atom stereocenters. The molecule has 0 aliphatic rings. The third-order valence-electron chi connectivity index (χ3n) is 3.36. The topological polar surface area (TPSA) is 52.4 Å². The first-order valence-corrected chi connectivity index (χ1v) is 7.07. The average Bonchev–Trinajstić information content (AvgIpc) is 2.46. The lowest BCUT2D eigenvalue weighted by Crippen LogP contribution is -2.02. The van der Waals surface area contributed by atoms with E-state index in [2.05, 4.69) is 0 Å². The van der Waals surface area contributed by atoms with E-state index in [4.69, 9.17) is 16.3 Å². The number of nitro benzene ring substituents is 1. The molecule has 21 heavy (non-hydrogen) atoms. The number of rotatable bonds is 5. The predicted octanol–water partition coefficient (Wildman–Crippen LogP) is 4.53. The van der Waals surface area contributed by atoms with Gasteiger partial charge in [0.15, 0.2) is 0 Å². The van der Waals surface area contributed by atoms with Crippen molar-refractivity contribution in [1.82, 2.24) is 0 Å². The summed E-state index contributed by atoms with van der Waals surface area (Å²) in [4.78, 5) is 10.6. The van der Waals surface area contributed by atoms with Gasteiger partial charge in [0, 0.05) is 17.2 Å². The monoisotopic (exact) mass is 305 g/mol. The molecule has 4 nitrogen and oxygen atoms in total. The van der Waals surface area contributed by atoms with Crippen LogP contribution in [0.25, 0.3) is 0 Å². The Morgan fingerprint density at radius 3 is 2.62 bits per heavy atom. The molecule has 2 aromatic rings. The summed E-state index contributed by atoms with van der Waals surface area (Å²) in [6, 6.07) is 10.8. The summed E-state index contributed by atoms with van der Waals surface area (Å²) < 4.78 is 5.78. The highest BCUT2D eigenvalue weighted by Gasteiger charge is 2.13. The molecule has 0 aliphatic heterocycles. The summed E-state index contributed by atoms with van der Waals surface area (Å²) in [7, 11) is 0. The van der Waals surface area contributed by atoms with Crippen molar-refractivity contribution in [3.05, 3.63) is 68.8 Å². The Hall–Kier alpha value is -2.07. The van der Waals surface area contributed by atoms with Crippen molar-refractivity contribution in [2.24, 2.45) is 0 Å². The molecule has 0 aromatic heterocycles. The molecule has 2 aromatic carbocycles. The third-order valence-corrected chi connectivity index (χ3v) is 3.65. The molecule has 0 heterocycles. The normalized spacial score (nSPS) is 10.4. The largest absolute Gasteiger partial charge is 0.489 e. The SMILES string of the molecule is Cc1ccc(OCc2cccc([N+](=O)[O-])c2C)c(CCl)c1. The fourth-order valence-corrected chi connectivity index (χ4v) is 2.34. The maximum Gasteiger partial charge on any atom is 0.272 e. The first-order valence-electron chi connectivity index (χ1n) is 6.54. The van der Waals surface area contributed by atoms with Gasteiger partial charge in [0.25, 0.3) is 5.69 Å². The standard InChI is InChI=1S/C16H16ClNO3/c1-11-6-7-16(14(8-11)9-17)21-10-13-4-3-5-15(12(13)2)18(19)20/h3-8H,9-10H2,1-2H3. The zero-order valence-electron chi connectivity index (χ0n) is 11.9. The van der Waals surface area contributed by atoms with E-state index < -0.39 is 0 Å². The van der Waals surface area contributed by atoms with Crippen molar-refractivity contribution in [2.45, 2.75) is 26.3 Å². The van der Waals surface area contributed by atoms with Crippen LogP contribution in [0, 0.1) is 24.0 Å². The molecule has 0 aliphatic carbocycles. The van der Waals surface area contributed by atoms with Gasteiger partial charge in [-0.05, 0) is 25.5 Å². The predicted molar refractivity (Wildman–Crippen MR) is 82.9 cm³/mol. The van der Waals surface area contributed by atoms with Crippen LogP contribution in [-0.2, 0) is 12.5 Å². The molecular weight excluding hydrogens is 290 g/mol. The van der Waals surface area contributed by atoms with E-state index in [1.165, 1.54) is 6.07 Å². The molecule has 0 spiro atoms. The van der Waals surface area contributed by atoms with Gasteiger partial charge in [0.1, 0.15) is 12.4 Å². The Morgan fingerprint density at radius 1 is 1.19 bits per heavy atom. The number of halogens is 1. The maximum atomic E-state index is 10.9. The van der Waals surface area contributed by atoms with Gasteiger partial charge in [-0.25, -0.2) is 0 Å². The van der Waals surface area contributed by atoms with Gasteiger partial charge in [-0.15, -0.1) is 11.6 Å². The van der Waals surface area contributed by atoms with E-state index in [0.29, 0.717) is 17.2 Å². The van der Waals surface area contributed by atoms with Gasteiger partial charge in [-0.3, -0.25) is 10.1 Å². The summed E-state index contributed by atoms with van der Waals surface area (Å²) in [6.07, 6.45) is 0. The number of benzene rings is 2. The van der Waals surface area contributed by atoms with Crippen molar-refractivity contribution < 1.29 is 9.66 Å². The smallest absolute Gasteiger partial charge is 0.272 e. The molecule has 0 radical (unpaired) electrons. The van der Waals surface area contributed by atoms with Crippen LogP contribution in [0.1, 0.15) is 22.3 Å². The molecular formula is C16H16ClNO3. The maximum absolute atomic E-state index is 10.9. The molecule has 0 unspecified atom stereocenters. The Bertz CT molecular complexity index is 671. The molecule has 0 N–H and O–H groups in total. The molecule has 0 saturated heterocycles. The van der Waals surface area contributed by atoms with Crippen LogP contribution in [0.15, 0.2) is 36.4 Å². The van der Waals surface area contributed by atoms with E-state index in [9.17, 15) is 10.1 Å². The zero-order valence-corrected chi connectivity index (χ0v) is 12.7. The Kier molecular flexibility index (Phi) is 4.81. The van der Waals surface area contributed by atoms with Crippen LogP contribution < -0.4 is 4.74 Å². The van der Waals surface area contributed by atoms with E-state index in [-0.39, 0.29) is 17.2 Å². The van der Waals surface area contributed by atoms with Crippen LogP contribution in [0.2, 0.25) is 0 Å². The Labute approximate surface area is 128 Å². The molecule has 0 saturated carbocycles. The lowest BCUT2D eigenvalue weighted by Gasteiger charge is -2.12. The third kappa shape index (κ3) is 3.52. The number of ether oxygens (including phenoxy) is 1. The first-order chi connectivity index (χ1) is 10.0. The Morgan fingerprint density at radius 2 is 1.95 bits per heavy atom. The number of hydrogen-bond donors (Lipinski definition) is 0. The zero-order chi connectivity index (χ0) is 15.4. The van der Waals surface area contributed by atoms with E-state index in [1.54, 1.807) is 13.0 Å². The Balaban J connectivity index is 2.21. The number of alkyl halides is 1. The van der Waals surface area contributed by atoms with Crippen LogP contribution >= 0.6 is 11.6 Å². The van der Waals surface area contributed by atoms with Gasteiger partial charge >= 0.3 is 0 Å². The highest BCUT2D eigenvalue weighted by atomic mass is 35.5. The summed E-state index contributed by atoms with van der Waals surface area (Å²) in [5, 5.41) is 10.9. The summed E-state index contributed by atoms with van der Waals surface area (Å²) in [6.45, 7) is 4.00. The van der Waals surface area contributed by atoms with Gasteiger partial charge in [-0.2, -0.15) is 0 Å². The van der Waals surface area contributed by atoms with Crippen LogP contribution in [0.3, 0.4) is 0 Å². The second kappa shape index (κ2) is 6.59. The van der Waals surface area contributed by atoms with Gasteiger partial charge < -0.3 is 4.74 Å². The van der Waals surface area contributed by atoms with Crippen molar-refractivity contribution in [3.8, 4) is 5.75 Å². The highest BCUT2D eigenvalue weighted by Crippen LogP contribution is 2.25. The van der Waals surface area contributed by atoms with Gasteiger partial charge in [0.05, 0.1) is 10.8 Å². The molecule has 0 bridgehead atoms. The van der Waals surface area contributed by atoms with Crippen LogP contribution in [0.4, 0.5) is 5.69 Å². The van der Waals surface area contributed by atoms with Crippen molar-refractivity contribution in [3.63, 3.8) is 0 Å². The highest BCUT2D eigenvalue weighted by molar-refractivity contribution is 6.17. The quantitative estimate of drug-likeness (QED) is 0.463. The minimum Gasteiger partial charge on any atom is -0.489 e. The lowest BCUT2D eigenvalue weighted by atomic mass is 10.1. The van der Waals surface area contributed by atoms with E-state index >= 15 is 0 Å². The van der Waals surface area contributed by atoms with Crippen molar-refractivity contribution >= 4 is 17.3 Å². The van der Waals surface area contributed by atoms with Crippen LogP contribution in [-0.4, -0.2) is 4.92 Å². The van der Waals surface area contributed by atoms with Gasteiger partial charge in [-0.1, -0.05) is 29.8 Å². The van der Waals surface area contributed by atoms with E-state index in [0.717, 1.165) is 16.7 Å². The van der Waals surface area contributed by atoms with Crippen molar-refractivity contribution in [2.75, 3.05) is 0 Å². The second-order valence-corrected chi connectivity index (χ2v) is 5.12. The summed E-state index contributed by atoms with van der Waals surface area (Å²) in [5.41, 5.74) is 3.56. The van der Waals surface area contributed by atoms with E-state index in [1.807, 2.05) is 31.2 Å². The number of nitrogens with zero attached hydrogens (tertiary/aromatic N) is 1. The van der Waals surface area contributed by atoms with Gasteiger partial charge in [0.2, 0.25) is 0 Å². The fraction of sp³-hybridized carbons (Fsp3) is 0.250. The lowest BCUT2D eigenvalue weighted by molar-refractivity contribution is -0.385. The summed E-state index contributed by atoms with van der Waals surface area (Å²) in [5.74, 6) is 1.08. The minimum atomic E-state index is -0.380. The minimum absolute atomic E-state index is 0.109. The van der Waals surface area contributed by atoms with Crippen LogP contribution in [0.5, 0.6) is 5.75 Å². The average molecular weight is 306 g/mol. The number of hydrogen-bond acceptors (Lipinski definition) is 3. The van der Waals surface area contributed by atoms with Crippen molar-refractivity contribution in [1.29, 1.82) is 0 Å². The molecule has 0 amide bonds. The summed E-state index contributed by atoms with van der Waals surface area (Å²) >= 11 is 5.91. The molecule has 0 fully saturated rings. The molecule has 110 valence electrons. The first kappa shape index (κ1) is 15.3. The fourth-order valence-electron chi connectivity index (χ4n) is 2.13. The second-order valence-electron chi connectivity index (χ2n) is 4.85. The number of nitro groups is 1. The molecule has 2 rings (SSSR count). The molecule has 5 heteroatoms. The number of aryl methyl sites for hydroxylation is 1.